The van der Waals surface area contributed by atoms with Gasteiger partial charge in [0.1, 0.15) is 0 Å². The van der Waals surface area contributed by atoms with Crippen LogP contribution in [0.3, 0.4) is 0 Å². The zero-order valence-electron chi connectivity index (χ0n) is 17.2. The topological polar surface area (TPSA) is 79.4 Å². The standard InChI is InChI=1S/C24H25N3O3S/c28-24(26-22-13-8-14-25-23(22)27-15-5-2-6-16-27)20-10-7-9-19(17-20)18-31(29,30)21-11-3-1-4-12-21/h1,3-4,7-14,17H,2,5-6,15-16,18H2,(H,26,28). The Balaban J connectivity index is 1.52. The quantitative estimate of drug-likeness (QED) is 0.625. The Hall–Kier alpha value is -3.19. The van der Waals surface area contributed by atoms with Gasteiger partial charge in [0.2, 0.25) is 0 Å². The smallest absolute Gasteiger partial charge is 0.255 e. The van der Waals surface area contributed by atoms with E-state index < -0.39 is 9.84 Å². The van der Waals surface area contributed by atoms with Crippen molar-refractivity contribution in [1.29, 1.82) is 0 Å². The van der Waals surface area contributed by atoms with Crippen LogP contribution in [0.25, 0.3) is 0 Å². The number of carbonyl (C=O) groups is 1. The lowest BCUT2D eigenvalue weighted by atomic mass is 10.1. The van der Waals surface area contributed by atoms with E-state index in [1.54, 1.807) is 66.9 Å². The highest BCUT2D eigenvalue weighted by atomic mass is 32.2. The fourth-order valence-corrected chi connectivity index (χ4v) is 5.14. The summed E-state index contributed by atoms with van der Waals surface area (Å²) in [6.45, 7) is 1.85. The van der Waals surface area contributed by atoms with Crippen molar-refractivity contribution in [1.82, 2.24) is 4.98 Å². The maximum absolute atomic E-state index is 12.9. The summed E-state index contributed by atoms with van der Waals surface area (Å²) >= 11 is 0. The number of pyridine rings is 1. The molecule has 0 radical (unpaired) electrons. The molecule has 160 valence electrons. The lowest BCUT2D eigenvalue weighted by Gasteiger charge is -2.29. The van der Waals surface area contributed by atoms with Gasteiger partial charge in [-0.25, -0.2) is 13.4 Å². The zero-order valence-corrected chi connectivity index (χ0v) is 18.0. The first-order valence-electron chi connectivity index (χ1n) is 10.4. The average molecular weight is 436 g/mol. The molecule has 2 heterocycles. The van der Waals surface area contributed by atoms with E-state index in [-0.39, 0.29) is 16.6 Å². The number of amides is 1. The molecule has 31 heavy (non-hydrogen) atoms. The van der Waals surface area contributed by atoms with Crippen molar-refractivity contribution in [2.45, 2.75) is 29.9 Å². The van der Waals surface area contributed by atoms with E-state index in [1.165, 1.54) is 6.42 Å². The highest BCUT2D eigenvalue weighted by Gasteiger charge is 2.19. The van der Waals surface area contributed by atoms with Crippen LogP contribution in [0.4, 0.5) is 11.5 Å². The van der Waals surface area contributed by atoms with Crippen LogP contribution in [0.2, 0.25) is 0 Å². The van der Waals surface area contributed by atoms with Gasteiger partial charge in [0.25, 0.3) is 5.91 Å². The fourth-order valence-electron chi connectivity index (χ4n) is 3.78. The summed E-state index contributed by atoms with van der Waals surface area (Å²) in [7, 11) is -3.48. The molecule has 1 aliphatic rings. The molecule has 4 rings (SSSR count). The molecule has 1 fully saturated rings. The SMILES string of the molecule is O=C(Nc1cccnc1N1CCCCC1)c1cccc(CS(=O)(=O)c2ccccc2)c1. The molecule has 3 aromatic rings. The molecule has 0 aliphatic carbocycles. The van der Waals surface area contributed by atoms with Crippen LogP contribution >= 0.6 is 0 Å². The number of hydrogen-bond donors (Lipinski definition) is 1. The third kappa shape index (κ3) is 5.11. The number of sulfone groups is 1. The fraction of sp³-hybridized carbons (Fsp3) is 0.250. The van der Waals surface area contributed by atoms with Gasteiger partial charge in [0.05, 0.1) is 16.3 Å². The van der Waals surface area contributed by atoms with Crippen molar-refractivity contribution >= 4 is 27.2 Å². The molecular formula is C24H25N3O3S. The Morgan fingerprint density at radius 3 is 2.48 bits per heavy atom. The van der Waals surface area contributed by atoms with Crippen LogP contribution < -0.4 is 10.2 Å². The monoisotopic (exact) mass is 435 g/mol. The second-order valence-electron chi connectivity index (χ2n) is 7.65. The highest BCUT2D eigenvalue weighted by Crippen LogP contribution is 2.26. The second kappa shape index (κ2) is 9.31. The van der Waals surface area contributed by atoms with Crippen molar-refractivity contribution in [3.63, 3.8) is 0 Å². The molecule has 0 unspecified atom stereocenters. The van der Waals surface area contributed by atoms with Crippen LogP contribution in [-0.4, -0.2) is 32.4 Å². The minimum atomic E-state index is -3.48. The van der Waals surface area contributed by atoms with Crippen LogP contribution in [0.5, 0.6) is 0 Å². The Morgan fingerprint density at radius 2 is 1.71 bits per heavy atom. The average Bonchev–Trinajstić information content (AvgIpc) is 2.80. The molecule has 7 heteroatoms. The van der Waals surface area contributed by atoms with Gasteiger partial charge < -0.3 is 10.2 Å². The van der Waals surface area contributed by atoms with Crippen molar-refractivity contribution in [2.24, 2.45) is 0 Å². The normalized spacial score (nSPS) is 14.3. The number of piperidine rings is 1. The zero-order chi connectivity index (χ0) is 21.7. The third-order valence-corrected chi connectivity index (χ3v) is 7.04. The first-order valence-corrected chi connectivity index (χ1v) is 12.1. The van der Waals surface area contributed by atoms with Gasteiger partial charge in [-0.05, 0) is 61.2 Å². The van der Waals surface area contributed by atoms with Gasteiger partial charge in [-0.2, -0.15) is 0 Å². The molecular weight excluding hydrogens is 410 g/mol. The van der Waals surface area contributed by atoms with Gasteiger partial charge in [-0.3, -0.25) is 4.79 Å². The van der Waals surface area contributed by atoms with E-state index in [0.29, 0.717) is 16.8 Å². The van der Waals surface area contributed by atoms with E-state index in [9.17, 15) is 13.2 Å². The first kappa shape index (κ1) is 21.1. The molecule has 6 nitrogen and oxygen atoms in total. The summed E-state index contributed by atoms with van der Waals surface area (Å²) in [6, 6.07) is 18.7. The summed E-state index contributed by atoms with van der Waals surface area (Å²) < 4.78 is 25.4. The summed E-state index contributed by atoms with van der Waals surface area (Å²) in [4.78, 5) is 19.9. The lowest BCUT2D eigenvalue weighted by molar-refractivity contribution is 0.102. The van der Waals surface area contributed by atoms with E-state index in [1.807, 2.05) is 6.07 Å². The van der Waals surface area contributed by atoms with E-state index in [0.717, 1.165) is 31.7 Å². The predicted molar refractivity (Wildman–Crippen MR) is 122 cm³/mol. The highest BCUT2D eigenvalue weighted by molar-refractivity contribution is 7.90. The van der Waals surface area contributed by atoms with Gasteiger partial charge in [-0.15, -0.1) is 0 Å². The van der Waals surface area contributed by atoms with Crippen molar-refractivity contribution < 1.29 is 13.2 Å². The maximum atomic E-state index is 12.9. The number of nitrogens with zero attached hydrogens (tertiary/aromatic N) is 2. The third-order valence-electron chi connectivity index (χ3n) is 5.34. The van der Waals surface area contributed by atoms with Crippen molar-refractivity contribution in [2.75, 3.05) is 23.3 Å². The molecule has 1 aliphatic heterocycles. The second-order valence-corrected chi connectivity index (χ2v) is 9.64. The van der Waals surface area contributed by atoms with E-state index in [2.05, 4.69) is 15.2 Å². The Morgan fingerprint density at radius 1 is 0.935 bits per heavy atom. The molecule has 0 spiro atoms. The number of nitrogens with one attached hydrogen (secondary N) is 1. The largest absolute Gasteiger partial charge is 0.355 e. The van der Waals surface area contributed by atoms with Crippen molar-refractivity contribution in [3.8, 4) is 0 Å². The van der Waals surface area contributed by atoms with E-state index >= 15 is 0 Å². The minimum absolute atomic E-state index is 0.163. The first-order chi connectivity index (χ1) is 15.0. The molecule has 0 atom stereocenters. The van der Waals surface area contributed by atoms with E-state index in [4.69, 9.17) is 0 Å². The van der Waals surface area contributed by atoms with Crippen LogP contribution in [-0.2, 0) is 15.6 Å². The van der Waals surface area contributed by atoms with Gasteiger partial charge >= 0.3 is 0 Å². The van der Waals surface area contributed by atoms with Crippen LogP contribution in [0.15, 0.2) is 77.8 Å². The molecule has 0 saturated carbocycles. The van der Waals surface area contributed by atoms with Gasteiger partial charge in [0, 0.05) is 24.8 Å². The Labute approximate surface area is 182 Å². The maximum Gasteiger partial charge on any atom is 0.255 e. The summed E-state index contributed by atoms with van der Waals surface area (Å²) in [5.41, 5.74) is 1.64. The Kier molecular flexibility index (Phi) is 6.32. The molecule has 1 saturated heterocycles. The number of anilines is 2. The molecule has 1 N–H and O–H groups in total. The minimum Gasteiger partial charge on any atom is -0.355 e. The van der Waals surface area contributed by atoms with Gasteiger partial charge in [0.15, 0.2) is 15.7 Å². The van der Waals surface area contributed by atoms with Crippen molar-refractivity contribution in [3.05, 3.63) is 84.1 Å². The number of aromatic nitrogens is 1. The predicted octanol–water partition coefficient (Wildman–Crippen LogP) is 4.30. The molecule has 0 bridgehead atoms. The molecule has 1 amide bonds. The molecule has 1 aromatic heterocycles. The summed E-state index contributed by atoms with van der Waals surface area (Å²) in [5.74, 6) is 0.327. The number of carbonyl (C=O) groups excluding carboxylic acids is 1. The molecule has 2 aromatic carbocycles. The van der Waals surface area contributed by atoms with Gasteiger partial charge in [-0.1, -0.05) is 30.3 Å². The number of rotatable bonds is 6. The number of hydrogen-bond acceptors (Lipinski definition) is 5. The van der Waals surface area contributed by atoms with Crippen LogP contribution in [0, 0.1) is 0 Å². The number of benzene rings is 2. The summed E-state index contributed by atoms with van der Waals surface area (Å²) in [6.07, 6.45) is 5.17. The van der Waals surface area contributed by atoms with Crippen LogP contribution in [0.1, 0.15) is 35.2 Å². The summed E-state index contributed by atoms with van der Waals surface area (Å²) in [5, 5.41) is 2.95. The Bertz CT molecular complexity index is 1160. The lowest BCUT2D eigenvalue weighted by Crippen LogP contribution is -2.31.